The van der Waals surface area contributed by atoms with E-state index in [2.05, 4.69) is 83.1 Å². The largest absolute Gasteiger partial charge is 0.467 e. The van der Waals surface area contributed by atoms with Crippen molar-refractivity contribution < 1.29 is 23.2 Å². The van der Waals surface area contributed by atoms with Crippen LogP contribution >= 0.6 is 0 Å². The molecule has 0 heterocycles. The number of hydrogen-bond acceptors (Lipinski definition) is 5. The van der Waals surface area contributed by atoms with Crippen LogP contribution in [0.4, 0.5) is 0 Å². The van der Waals surface area contributed by atoms with Crippen LogP contribution < -0.4 is 0 Å². The van der Waals surface area contributed by atoms with Gasteiger partial charge in [-0.15, -0.1) is 0 Å². The number of carbonyl (C=O) groups is 2. The van der Waals surface area contributed by atoms with Crippen LogP contribution in [0.3, 0.4) is 0 Å². The van der Waals surface area contributed by atoms with Gasteiger partial charge in [-0.2, -0.15) is 0 Å². The second kappa shape index (κ2) is 14.7. The second-order valence-electron chi connectivity index (χ2n) is 10.9. The van der Waals surface area contributed by atoms with Crippen LogP contribution in [0.25, 0.3) is 0 Å². The minimum Gasteiger partial charge on any atom is -0.467 e. The van der Waals surface area contributed by atoms with E-state index in [4.69, 9.17) is 13.6 Å². The molecule has 0 saturated carbocycles. The van der Waals surface area contributed by atoms with Gasteiger partial charge >= 0.3 is 5.97 Å². The summed E-state index contributed by atoms with van der Waals surface area (Å²) in [6, 6.07) is 0. The zero-order chi connectivity index (χ0) is 26.0. The van der Waals surface area contributed by atoms with E-state index in [1.54, 1.807) is 6.92 Å². The molecular weight excluding hydrogens is 436 g/mol. The third kappa shape index (κ3) is 8.37. The summed E-state index contributed by atoms with van der Waals surface area (Å²) in [6.07, 6.45) is 0.192. The molecule has 0 spiro atoms. The van der Waals surface area contributed by atoms with Gasteiger partial charge in [0.05, 0.1) is 13.2 Å². The molecule has 0 radical (unpaired) electrons. The molecule has 0 aliphatic carbocycles. The first kappa shape index (κ1) is 33.7. The number of hydrogen-bond donors (Lipinski definition) is 0. The Morgan fingerprint density at radius 2 is 0.875 bits per heavy atom. The third-order valence-electron chi connectivity index (χ3n) is 6.91. The number of ether oxygens (including phenoxy) is 1. The molecule has 0 amide bonds. The molecule has 0 saturated heterocycles. The van der Waals surface area contributed by atoms with Crippen LogP contribution in [-0.4, -0.2) is 48.2 Å². The molecule has 0 bridgehead atoms. The fourth-order valence-electron chi connectivity index (χ4n) is 5.69. The van der Waals surface area contributed by atoms with E-state index < -0.39 is 22.7 Å². The van der Waals surface area contributed by atoms with E-state index in [1.807, 2.05) is 6.92 Å². The molecule has 0 aliphatic rings. The van der Waals surface area contributed by atoms with Crippen LogP contribution in [-0.2, 0) is 23.2 Å². The van der Waals surface area contributed by atoms with Crippen LogP contribution in [0.2, 0.25) is 33.2 Å². The van der Waals surface area contributed by atoms with Crippen molar-refractivity contribution in [3.05, 3.63) is 0 Å². The lowest BCUT2D eigenvalue weighted by Crippen LogP contribution is -2.51. The smallest absolute Gasteiger partial charge is 0.333 e. The Balaban J connectivity index is 0. The van der Waals surface area contributed by atoms with Crippen molar-refractivity contribution in [1.29, 1.82) is 0 Å². The summed E-state index contributed by atoms with van der Waals surface area (Å²) in [5.74, 6) is -0.274. The summed E-state index contributed by atoms with van der Waals surface area (Å²) in [5, 5.41) is 0. The highest BCUT2D eigenvalue weighted by Gasteiger charge is 2.47. The van der Waals surface area contributed by atoms with Crippen molar-refractivity contribution in [2.24, 2.45) is 0 Å². The predicted molar refractivity (Wildman–Crippen MR) is 141 cm³/mol. The van der Waals surface area contributed by atoms with Gasteiger partial charge in [-0.05, 0) is 47.1 Å². The van der Waals surface area contributed by atoms with Crippen LogP contribution in [0.5, 0.6) is 0 Å². The molecule has 7 heteroatoms. The first-order chi connectivity index (χ1) is 14.5. The van der Waals surface area contributed by atoms with Crippen molar-refractivity contribution >= 4 is 28.9 Å². The Morgan fingerprint density at radius 1 is 0.594 bits per heavy atom. The Hall–Kier alpha value is -0.506. The van der Waals surface area contributed by atoms with Gasteiger partial charge in [0.25, 0.3) is 0 Å². The van der Waals surface area contributed by atoms with Crippen molar-refractivity contribution in [3.63, 3.8) is 0 Å². The van der Waals surface area contributed by atoms with Crippen molar-refractivity contribution in [1.82, 2.24) is 0 Å². The van der Waals surface area contributed by atoms with Gasteiger partial charge in [-0.3, -0.25) is 0 Å². The van der Waals surface area contributed by atoms with E-state index in [1.165, 1.54) is 7.11 Å². The second-order valence-corrected chi connectivity index (χ2v) is 21.7. The molecule has 5 nitrogen and oxygen atoms in total. The standard InChI is InChI=1S/C13H28O3Si.C12H26O2Si/c1-9(2)17(10(3)4,11(5)6)16-12(7)13(14)15-8;1-9(2)15(10(3)4,11(5)6)14-12(7)8-13/h9-12H,1-8H3;8-12H,1-7H3/t2*12-/m00/s1. The number of carbonyl (C=O) groups excluding carboxylic acids is 2. The topological polar surface area (TPSA) is 61.8 Å². The Kier molecular flexibility index (Phi) is 15.5. The first-order valence-electron chi connectivity index (χ1n) is 12.4. The minimum atomic E-state index is -1.97. The van der Waals surface area contributed by atoms with Gasteiger partial charge in [-0.1, -0.05) is 83.1 Å². The lowest BCUT2D eigenvalue weighted by atomic mass is 10.4. The minimum absolute atomic E-state index is 0.260. The maximum absolute atomic E-state index is 11.5. The number of aldehydes is 1. The molecular formula is C25H54O5Si2. The maximum atomic E-state index is 11.5. The van der Waals surface area contributed by atoms with E-state index in [-0.39, 0.29) is 12.1 Å². The van der Waals surface area contributed by atoms with Crippen molar-refractivity contribution in [2.75, 3.05) is 7.11 Å². The van der Waals surface area contributed by atoms with Crippen molar-refractivity contribution in [2.45, 2.75) is 142 Å². The predicted octanol–water partition coefficient (Wildman–Crippen LogP) is 7.51. The zero-order valence-electron chi connectivity index (χ0n) is 23.7. The van der Waals surface area contributed by atoms with E-state index >= 15 is 0 Å². The van der Waals surface area contributed by atoms with Gasteiger partial charge in [0.15, 0.2) is 0 Å². The summed E-state index contributed by atoms with van der Waals surface area (Å²) in [6.45, 7) is 30.2. The molecule has 0 aliphatic heterocycles. The SMILES string of the molecule is CC(C)[Si](O[C@@H](C)C=O)(C(C)C)C(C)C.COC(=O)[C@H](C)O[Si](C(C)C)(C(C)C)C(C)C. The molecule has 0 aromatic heterocycles. The van der Waals surface area contributed by atoms with Crippen LogP contribution in [0, 0.1) is 0 Å². The Morgan fingerprint density at radius 3 is 1.09 bits per heavy atom. The molecule has 0 aromatic carbocycles. The average molecular weight is 491 g/mol. The molecule has 32 heavy (non-hydrogen) atoms. The summed E-state index contributed by atoms with van der Waals surface area (Å²) in [7, 11) is -2.41. The Bertz CT molecular complexity index is 501. The van der Waals surface area contributed by atoms with Gasteiger partial charge in [0.1, 0.15) is 12.4 Å². The average Bonchev–Trinajstić information content (AvgIpc) is 2.67. The Labute approximate surface area is 201 Å². The van der Waals surface area contributed by atoms with Gasteiger partial charge in [-0.25, -0.2) is 4.79 Å². The third-order valence-corrected chi connectivity index (χ3v) is 19.3. The van der Waals surface area contributed by atoms with E-state index in [9.17, 15) is 9.59 Å². The lowest BCUT2D eigenvalue weighted by molar-refractivity contribution is -0.148. The molecule has 2 atom stereocenters. The number of esters is 1. The first-order valence-corrected chi connectivity index (χ1v) is 16.6. The highest BCUT2D eigenvalue weighted by Crippen LogP contribution is 2.43. The number of methoxy groups -OCH3 is 1. The fraction of sp³-hybridized carbons (Fsp3) is 0.920. The molecule has 0 N–H and O–H groups in total. The van der Waals surface area contributed by atoms with Gasteiger partial charge in [0, 0.05) is 0 Å². The quantitative estimate of drug-likeness (QED) is 0.161. The van der Waals surface area contributed by atoms with Crippen molar-refractivity contribution in [3.8, 4) is 0 Å². The van der Waals surface area contributed by atoms with Gasteiger partial charge < -0.3 is 18.4 Å². The zero-order valence-corrected chi connectivity index (χ0v) is 25.7. The molecule has 0 unspecified atom stereocenters. The van der Waals surface area contributed by atoms with Crippen LogP contribution in [0.1, 0.15) is 96.9 Å². The van der Waals surface area contributed by atoms with E-state index in [0.717, 1.165) is 6.29 Å². The normalized spacial score (nSPS) is 14.8. The van der Waals surface area contributed by atoms with Gasteiger partial charge in [0.2, 0.25) is 16.6 Å². The van der Waals surface area contributed by atoms with E-state index in [0.29, 0.717) is 33.2 Å². The number of rotatable bonds is 12. The summed E-state index contributed by atoms with van der Waals surface area (Å²) in [5.41, 5.74) is 3.07. The molecule has 0 fully saturated rings. The molecule has 192 valence electrons. The fourth-order valence-corrected chi connectivity index (χ4v) is 16.7. The highest BCUT2D eigenvalue weighted by atomic mass is 28.4. The molecule has 0 rings (SSSR count). The summed E-state index contributed by atoms with van der Waals surface area (Å²) >= 11 is 0. The molecule has 0 aromatic rings. The maximum Gasteiger partial charge on any atom is 0.333 e. The van der Waals surface area contributed by atoms with Crippen LogP contribution in [0.15, 0.2) is 0 Å². The monoisotopic (exact) mass is 490 g/mol. The summed E-state index contributed by atoms with van der Waals surface area (Å²) < 4.78 is 17.1. The lowest BCUT2D eigenvalue weighted by Gasteiger charge is -2.43. The highest BCUT2D eigenvalue weighted by molar-refractivity contribution is 6.78. The summed E-state index contributed by atoms with van der Waals surface area (Å²) in [4.78, 5) is 22.3.